The average Bonchev–Trinajstić information content (AvgIpc) is 2.49. The Morgan fingerprint density at radius 2 is 1.48 bits per heavy atom. The quantitative estimate of drug-likeness (QED) is 0.413. The Bertz CT molecular complexity index is 362. The molecule has 0 unspecified atom stereocenters. The molecule has 120 valence electrons. The lowest BCUT2D eigenvalue weighted by atomic mass is 10.1. The van der Waals surface area contributed by atoms with Crippen LogP contribution in [0, 0.1) is 0 Å². The molecule has 0 aliphatic heterocycles. The van der Waals surface area contributed by atoms with Gasteiger partial charge < -0.3 is 12.4 Å². The van der Waals surface area contributed by atoms with Crippen LogP contribution in [0.5, 0.6) is 0 Å². The number of halogens is 1. The third-order valence-corrected chi connectivity index (χ3v) is 3.94. The van der Waals surface area contributed by atoms with E-state index in [0.29, 0.717) is 0 Å². The van der Waals surface area contributed by atoms with Gasteiger partial charge in [-0.3, -0.25) is 0 Å². The first-order valence-corrected chi connectivity index (χ1v) is 8.49. The summed E-state index contributed by atoms with van der Waals surface area (Å²) in [4.78, 5) is 0. The molecule has 0 aromatic carbocycles. The molecule has 0 aliphatic carbocycles. The highest BCUT2D eigenvalue weighted by Gasteiger charge is 2.04. The first-order chi connectivity index (χ1) is 9.88. The second kappa shape index (κ2) is 14.1. The zero-order valence-electron chi connectivity index (χ0n) is 13.7. The molecule has 1 rings (SSSR count). The van der Waals surface area contributed by atoms with E-state index in [-0.39, 0.29) is 12.4 Å². The highest BCUT2D eigenvalue weighted by molar-refractivity contribution is 5.36. The van der Waals surface area contributed by atoms with Gasteiger partial charge in [-0.1, -0.05) is 64.9 Å². The Labute approximate surface area is 137 Å². The van der Waals surface area contributed by atoms with Crippen LogP contribution in [0.1, 0.15) is 76.8 Å². The Morgan fingerprint density at radius 1 is 0.905 bits per heavy atom. The second-order valence-electron chi connectivity index (χ2n) is 5.71. The van der Waals surface area contributed by atoms with E-state index in [1.165, 1.54) is 69.9 Å². The number of hydrogen-bond acceptors (Lipinski definition) is 0. The van der Waals surface area contributed by atoms with Crippen molar-refractivity contribution in [3.05, 3.63) is 36.7 Å². The highest BCUT2D eigenvalue weighted by Crippen LogP contribution is 2.10. The van der Waals surface area contributed by atoms with Gasteiger partial charge in [0.2, 0.25) is 5.69 Å². The first-order valence-electron chi connectivity index (χ1n) is 8.49. The maximum atomic E-state index is 3.87. The van der Waals surface area contributed by atoms with Crippen molar-refractivity contribution in [2.45, 2.75) is 77.7 Å². The third-order valence-electron chi connectivity index (χ3n) is 3.94. The van der Waals surface area contributed by atoms with Gasteiger partial charge in [-0.25, -0.2) is 0 Å². The molecule has 0 saturated heterocycles. The molecule has 0 saturated carbocycles. The van der Waals surface area contributed by atoms with Crippen LogP contribution in [0.25, 0.3) is 6.08 Å². The highest BCUT2D eigenvalue weighted by atomic mass is 35.5. The third kappa shape index (κ3) is 9.68. The van der Waals surface area contributed by atoms with Crippen LogP contribution in [0.15, 0.2) is 31.0 Å². The van der Waals surface area contributed by atoms with Crippen LogP contribution in [0.3, 0.4) is 0 Å². The lowest BCUT2D eigenvalue weighted by Crippen LogP contribution is -3.00. The van der Waals surface area contributed by atoms with Crippen molar-refractivity contribution in [1.29, 1.82) is 0 Å². The van der Waals surface area contributed by atoms with Gasteiger partial charge in [-0.15, -0.1) is 0 Å². The van der Waals surface area contributed by atoms with Crippen LogP contribution in [0.2, 0.25) is 0 Å². The standard InChI is InChI=1S/C19H32N.ClH/c1-3-5-6-7-8-9-10-11-12-14-17-20-18-15-13-16-19(20)4-2;/h4,13,15-16,18H,2-3,5-12,14,17H2,1H3;1H/q+1;/p-1. The van der Waals surface area contributed by atoms with Crippen molar-refractivity contribution in [3.8, 4) is 0 Å². The lowest BCUT2D eigenvalue weighted by Gasteiger charge is -2.02. The molecule has 0 aliphatic rings. The van der Waals surface area contributed by atoms with Crippen LogP contribution >= 0.6 is 0 Å². The summed E-state index contributed by atoms with van der Waals surface area (Å²) >= 11 is 0. The van der Waals surface area contributed by atoms with Gasteiger partial charge in [-0.2, -0.15) is 4.57 Å². The van der Waals surface area contributed by atoms with Gasteiger partial charge in [0.25, 0.3) is 0 Å². The van der Waals surface area contributed by atoms with E-state index in [1.807, 2.05) is 6.08 Å². The van der Waals surface area contributed by atoms with Gasteiger partial charge in [0.1, 0.15) is 6.54 Å². The number of rotatable bonds is 12. The molecule has 0 N–H and O–H groups in total. The van der Waals surface area contributed by atoms with Crippen molar-refractivity contribution in [1.82, 2.24) is 0 Å². The topological polar surface area (TPSA) is 3.88 Å². The minimum Gasteiger partial charge on any atom is -1.00 e. The van der Waals surface area contributed by atoms with Crippen molar-refractivity contribution in [2.24, 2.45) is 0 Å². The summed E-state index contributed by atoms with van der Waals surface area (Å²) in [6, 6.07) is 6.30. The van der Waals surface area contributed by atoms with E-state index in [1.54, 1.807) is 0 Å². The zero-order chi connectivity index (χ0) is 14.5. The van der Waals surface area contributed by atoms with Crippen molar-refractivity contribution < 1.29 is 17.0 Å². The van der Waals surface area contributed by atoms with E-state index in [9.17, 15) is 0 Å². The normalized spacial score (nSPS) is 10.1. The van der Waals surface area contributed by atoms with Crippen LogP contribution in [-0.2, 0) is 6.54 Å². The monoisotopic (exact) mass is 309 g/mol. The number of aromatic nitrogens is 1. The number of aryl methyl sites for hydroxylation is 1. The fourth-order valence-electron chi connectivity index (χ4n) is 2.65. The van der Waals surface area contributed by atoms with E-state index >= 15 is 0 Å². The van der Waals surface area contributed by atoms with Gasteiger partial charge in [0.15, 0.2) is 6.20 Å². The predicted molar refractivity (Wildman–Crippen MR) is 88.6 cm³/mol. The van der Waals surface area contributed by atoms with Gasteiger partial charge in [0, 0.05) is 24.6 Å². The molecule has 2 heteroatoms. The predicted octanol–water partition coefficient (Wildman–Crippen LogP) is 2.54. The van der Waals surface area contributed by atoms with Gasteiger partial charge in [0.05, 0.1) is 0 Å². The fourth-order valence-corrected chi connectivity index (χ4v) is 2.65. The van der Waals surface area contributed by atoms with Gasteiger partial charge >= 0.3 is 0 Å². The van der Waals surface area contributed by atoms with Crippen LogP contribution in [0.4, 0.5) is 0 Å². The van der Waals surface area contributed by atoms with E-state index in [4.69, 9.17) is 0 Å². The van der Waals surface area contributed by atoms with Crippen molar-refractivity contribution in [2.75, 3.05) is 0 Å². The second-order valence-corrected chi connectivity index (χ2v) is 5.71. The Morgan fingerprint density at radius 3 is 2.05 bits per heavy atom. The summed E-state index contributed by atoms with van der Waals surface area (Å²) in [5, 5.41) is 0. The van der Waals surface area contributed by atoms with Crippen molar-refractivity contribution in [3.63, 3.8) is 0 Å². The Hall–Kier alpha value is -0.820. The number of unbranched alkanes of at least 4 members (excludes halogenated alkanes) is 9. The van der Waals surface area contributed by atoms with E-state index in [0.717, 1.165) is 6.54 Å². The largest absolute Gasteiger partial charge is 1.00 e. The molecule has 1 aromatic heterocycles. The summed E-state index contributed by atoms with van der Waals surface area (Å²) in [7, 11) is 0. The average molecular weight is 310 g/mol. The Kier molecular flexibility index (Phi) is 13.6. The van der Waals surface area contributed by atoms with Gasteiger partial charge in [-0.05, 0) is 12.5 Å². The summed E-state index contributed by atoms with van der Waals surface area (Å²) in [5.74, 6) is 0. The van der Waals surface area contributed by atoms with Crippen LogP contribution in [-0.4, -0.2) is 0 Å². The molecule has 1 nitrogen and oxygen atoms in total. The SMILES string of the molecule is C=Cc1cccc[n+]1CCCCCCCCCCCC.[Cl-]. The zero-order valence-corrected chi connectivity index (χ0v) is 14.5. The van der Waals surface area contributed by atoms with E-state index in [2.05, 4.69) is 42.5 Å². The summed E-state index contributed by atoms with van der Waals surface area (Å²) in [5.41, 5.74) is 1.23. The molecule has 0 fully saturated rings. The minimum absolute atomic E-state index is 0. The Balaban J connectivity index is 0.00000400. The maximum absolute atomic E-state index is 3.87. The molecule has 0 radical (unpaired) electrons. The van der Waals surface area contributed by atoms with Crippen molar-refractivity contribution >= 4 is 6.08 Å². The summed E-state index contributed by atoms with van der Waals surface area (Å²) in [6.45, 7) is 7.27. The van der Waals surface area contributed by atoms with Crippen LogP contribution < -0.4 is 17.0 Å². The lowest BCUT2D eigenvalue weighted by molar-refractivity contribution is -0.699. The molecular weight excluding hydrogens is 278 g/mol. The molecule has 0 atom stereocenters. The number of nitrogens with zero attached hydrogens (tertiary/aromatic N) is 1. The maximum Gasteiger partial charge on any atom is 0.204 e. The molecular formula is C19H32ClN. The minimum atomic E-state index is 0. The molecule has 1 aromatic rings. The fraction of sp³-hybridized carbons (Fsp3) is 0.632. The molecule has 0 spiro atoms. The number of pyridine rings is 1. The molecule has 0 amide bonds. The summed E-state index contributed by atoms with van der Waals surface area (Å²) < 4.78 is 2.30. The summed E-state index contributed by atoms with van der Waals surface area (Å²) in [6.07, 6.45) is 18.1. The smallest absolute Gasteiger partial charge is 0.204 e. The molecule has 21 heavy (non-hydrogen) atoms. The first kappa shape index (κ1) is 20.2. The number of hydrogen-bond donors (Lipinski definition) is 0. The van der Waals surface area contributed by atoms with E-state index < -0.39 is 0 Å². The molecule has 1 heterocycles. The molecule has 0 bridgehead atoms.